The minimum Gasteiger partial charge on any atom is -0.366 e. The second-order valence-electron chi connectivity index (χ2n) is 8.78. The van der Waals surface area contributed by atoms with Crippen molar-refractivity contribution in [2.75, 3.05) is 13.1 Å². The number of fused-ring (bicyclic) bond motifs is 1. The fourth-order valence-corrected chi connectivity index (χ4v) is 5.29. The molecule has 4 rings (SSSR count). The lowest BCUT2D eigenvalue weighted by molar-refractivity contribution is -0.136. The Morgan fingerprint density at radius 2 is 1.73 bits per heavy atom. The molecule has 3 fully saturated rings. The largest absolute Gasteiger partial charge is 0.366 e. The Bertz CT molecular complexity index is 862. The number of primary amides is 1. The molecule has 3 aliphatic rings. The first-order valence-corrected chi connectivity index (χ1v) is 11.0. The summed E-state index contributed by atoms with van der Waals surface area (Å²) in [5.74, 6) is -0.323. The molecule has 1 saturated carbocycles. The van der Waals surface area contributed by atoms with Crippen LogP contribution in [0.25, 0.3) is 0 Å². The fourth-order valence-electron chi connectivity index (χ4n) is 5.29. The summed E-state index contributed by atoms with van der Waals surface area (Å²) in [6.07, 6.45) is 8.17. The van der Waals surface area contributed by atoms with Crippen LogP contribution in [0.5, 0.6) is 0 Å². The maximum Gasteiger partial charge on any atom is 0.254 e. The molecule has 3 amide bonds. The SMILES string of the molecule is NC(=O)c1cccc(C(=O)N2CC(=O)C3C2CCN3C(=O)CCC2CCCCC2)c1. The number of ketones is 1. The number of carbonyl (C=O) groups is 4. The minimum atomic E-state index is -0.601. The van der Waals surface area contributed by atoms with Crippen LogP contribution in [0, 0.1) is 5.92 Å². The molecule has 0 aromatic heterocycles. The van der Waals surface area contributed by atoms with E-state index in [0.29, 0.717) is 30.9 Å². The summed E-state index contributed by atoms with van der Waals surface area (Å²) in [4.78, 5) is 53.3. The van der Waals surface area contributed by atoms with E-state index >= 15 is 0 Å². The van der Waals surface area contributed by atoms with Crippen molar-refractivity contribution in [2.45, 2.75) is 63.5 Å². The molecule has 2 atom stereocenters. The van der Waals surface area contributed by atoms with Gasteiger partial charge in [0.05, 0.1) is 12.6 Å². The van der Waals surface area contributed by atoms with E-state index in [0.717, 1.165) is 6.42 Å². The third-order valence-corrected chi connectivity index (χ3v) is 6.89. The molecule has 0 radical (unpaired) electrons. The second-order valence-corrected chi connectivity index (χ2v) is 8.78. The van der Waals surface area contributed by atoms with Crippen molar-refractivity contribution in [3.8, 4) is 0 Å². The predicted octanol–water partition coefficient (Wildman–Crippen LogP) is 2.14. The van der Waals surface area contributed by atoms with Crippen LogP contribution in [0.3, 0.4) is 0 Å². The third-order valence-electron chi connectivity index (χ3n) is 6.89. The Labute approximate surface area is 176 Å². The van der Waals surface area contributed by atoms with Crippen molar-refractivity contribution in [1.82, 2.24) is 9.80 Å². The number of rotatable bonds is 5. The number of nitrogens with zero attached hydrogens (tertiary/aromatic N) is 2. The van der Waals surface area contributed by atoms with E-state index in [9.17, 15) is 19.2 Å². The van der Waals surface area contributed by atoms with Crippen LogP contribution >= 0.6 is 0 Å². The summed E-state index contributed by atoms with van der Waals surface area (Å²) in [6.45, 7) is 0.511. The highest BCUT2D eigenvalue weighted by Gasteiger charge is 2.51. The quantitative estimate of drug-likeness (QED) is 0.802. The van der Waals surface area contributed by atoms with E-state index in [1.165, 1.54) is 38.2 Å². The molecule has 1 aromatic carbocycles. The summed E-state index contributed by atoms with van der Waals surface area (Å²) >= 11 is 0. The first-order chi connectivity index (χ1) is 14.5. The number of nitrogens with two attached hydrogens (primary N) is 1. The summed E-state index contributed by atoms with van der Waals surface area (Å²) in [5.41, 5.74) is 5.91. The van der Waals surface area contributed by atoms with Gasteiger partial charge in [-0.2, -0.15) is 0 Å². The van der Waals surface area contributed by atoms with Crippen LogP contribution in [0.4, 0.5) is 0 Å². The molecule has 0 bridgehead atoms. The van der Waals surface area contributed by atoms with Crippen LogP contribution in [0.15, 0.2) is 24.3 Å². The molecule has 2 aliphatic heterocycles. The molecule has 30 heavy (non-hydrogen) atoms. The lowest BCUT2D eigenvalue weighted by Crippen LogP contribution is -2.43. The zero-order valence-electron chi connectivity index (χ0n) is 17.2. The third kappa shape index (κ3) is 3.98. The Kier molecular flexibility index (Phi) is 5.88. The van der Waals surface area contributed by atoms with Crippen LogP contribution in [-0.4, -0.2) is 58.5 Å². The topological polar surface area (TPSA) is 101 Å². The number of hydrogen-bond acceptors (Lipinski definition) is 4. The molecule has 2 unspecified atom stereocenters. The number of carbonyl (C=O) groups excluding carboxylic acids is 4. The summed E-state index contributed by atoms with van der Waals surface area (Å²) in [7, 11) is 0. The normalized spacial score (nSPS) is 24.2. The number of hydrogen-bond donors (Lipinski definition) is 1. The number of Topliss-reactive ketones (excluding diaryl/α,β-unsaturated/α-hetero) is 1. The highest BCUT2D eigenvalue weighted by molar-refractivity contribution is 6.03. The van der Waals surface area contributed by atoms with Crippen molar-refractivity contribution in [1.29, 1.82) is 0 Å². The van der Waals surface area contributed by atoms with Crippen LogP contribution in [0.2, 0.25) is 0 Å². The van der Waals surface area contributed by atoms with Gasteiger partial charge in [0.15, 0.2) is 5.78 Å². The van der Waals surface area contributed by atoms with Crippen molar-refractivity contribution in [3.63, 3.8) is 0 Å². The van der Waals surface area contributed by atoms with Crippen molar-refractivity contribution >= 4 is 23.5 Å². The molecule has 2 saturated heterocycles. The van der Waals surface area contributed by atoms with Gasteiger partial charge in [0.25, 0.3) is 5.91 Å². The molecule has 2 N–H and O–H groups in total. The van der Waals surface area contributed by atoms with E-state index in [1.54, 1.807) is 28.0 Å². The number of likely N-dealkylation sites (tertiary alicyclic amines) is 2. The molecule has 1 aliphatic carbocycles. The van der Waals surface area contributed by atoms with E-state index in [1.807, 2.05) is 0 Å². The van der Waals surface area contributed by atoms with Gasteiger partial charge in [0.1, 0.15) is 6.04 Å². The summed E-state index contributed by atoms with van der Waals surface area (Å²) in [5, 5.41) is 0. The number of amides is 3. The first-order valence-electron chi connectivity index (χ1n) is 11.0. The Hall–Kier alpha value is -2.70. The molecular formula is C23H29N3O4. The van der Waals surface area contributed by atoms with Gasteiger partial charge in [-0.1, -0.05) is 38.2 Å². The number of benzene rings is 1. The summed E-state index contributed by atoms with van der Waals surface area (Å²) in [6, 6.07) is 5.42. The standard InChI is InChI=1S/C23H29N3O4/c24-22(29)16-7-4-8-17(13-16)23(30)26-14-19(27)21-18(26)11-12-25(21)20(28)10-9-15-5-2-1-3-6-15/h4,7-8,13,15,18,21H,1-3,5-6,9-12,14H2,(H2,24,29). The van der Waals surface area contributed by atoms with E-state index in [-0.39, 0.29) is 35.7 Å². The summed E-state index contributed by atoms with van der Waals surface area (Å²) < 4.78 is 0. The van der Waals surface area contributed by atoms with Gasteiger partial charge in [-0.05, 0) is 37.0 Å². The molecule has 0 spiro atoms. The van der Waals surface area contributed by atoms with Gasteiger partial charge in [0.2, 0.25) is 11.8 Å². The predicted molar refractivity (Wildman–Crippen MR) is 111 cm³/mol. The first kappa shape index (κ1) is 20.6. The zero-order valence-corrected chi connectivity index (χ0v) is 17.2. The molecule has 2 heterocycles. The zero-order chi connectivity index (χ0) is 21.3. The van der Waals surface area contributed by atoms with Crippen molar-refractivity contribution < 1.29 is 19.2 Å². The molecular weight excluding hydrogens is 382 g/mol. The Balaban J connectivity index is 1.42. The maximum atomic E-state index is 13.0. The van der Waals surface area contributed by atoms with Crippen molar-refractivity contribution in [3.05, 3.63) is 35.4 Å². The van der Waals surface area contributed by atoms with E-state index in [4.69, 9.17) is 5.73 Å². The van der Waals surface area contributed by atoms with Gasteiger partial charge in [0, 0.05) is 24.1 Å². The molecule has 1 aromatic rings. The second kappa shape index (κ2) is 8.58. The van der Waals surface area contributed by atoms with Gasteiger partial charge < -0.3 is 15.5 Å². The van der Waals surface area contributed by atoms with Gasteiger partial charge >= 0.3 is 0 Å². The molecule has 160 valence electrons. The maximum absolute atomic E-state index is 13.0. The van der Waals surface area contributed by atoms with Crippen LogP contribution in [0.1, 0.15) is 72.1 Å². The average Bonchev–Trinajstić information content (AvgIpc) is 3.34. The smallest absolute Gasteiger partial charge is 0.254 e. The average molecular weight is 412 g/mol. The molecule has 7 heteroatoms. The lowest BCUT2D eigenvalue weighted by atomic mass is 9.86. The van der Waals surface area contributed by atoms with Crippen LogP contribution in [-0.2, 0) is 9.59 Å². The van der Waals surface area contributed by atoms with E-state index in [2.05, 4.69) is 0 Å². The van der Waals surface area contributed by atoms with E-state index < -0.39 is 11.9 Å². The van der Waals surface area contributed by atoms with Gasteiger partial charge in [-0.15, -0.1) is 0 Å². The van der Waals surface area contributed by atoms with Crippen molar-refractivity contribution in [2.24, 2.45) is 11.7 Å². The Morgan fingerprint density at radius 3 is 2.47 bits per heavy atom. The monoisotopic (exact) mass is 411 g/mol. The van der Waals surface area contributed by atoms with Crippen LogP contribution < -0.4 is 5.73 Å². The Morgan fingerprint density at radius 1 is 1.00 bits per heavy atom. The highest BCUT2D eigenvalue weighted by atomic mass is 16.2. The van der Waals surface area contributed by atoms with Gasteiger partial charge in [-0.25, -0.2) is 0 Å². The lowest BCUT2D eigenvalue weighted by Gasteiger charge is -2.26. The fraction of sp³-hybridized carbons (Fsp3) is 0.565. The highest BCUT2D eigenvalue weighted by Crippen LogP contribution is 2.33. The molecule has 7 nitrogen and oxygen atoms in total. The minimum absolute atomic E-state index is 0.00136. The van der Waals surface area contributed by atoms with Gasteiger partial charge in [-0.3, -0.25) is 19.2 Å².